The summed E-state index contributed by atoms with van der Waals surface area (Å²) in [5, 5.41) is 2.39. The van der Waals surface area contributed by atoms with Gasteiger partial charge in [-0.2, -0.15) is 13.2 Å². The highest BCUT2D eigenvalue weighted by Gasteiger charge is 2.27. The molecule has 0 aromatic carbocycles. The molecule has 96 valence electrons. The van der Waals surface area contributed by atoms with Gasteiger partial charge in [-0.1, -0.05) is 20.3 Å². The second kappa shape index (κ2) is 7.01. The minimum atomic E-state index is -4.25. The summed E-state index contributed by atoms with van der Waals surface area (Å²) in [6.07, 6.45) is 0.756. The van der Waals surface area contributed by atoms with Crippen molar-refractivity contribution in [1.82, 2.24) is 5.32 Å². The SMILES string of the molecule is CCC(C)[C@H](N)C(=O)NCCSC(F)(F)F. The number of halogens is 3. The Morgan fingerprint density at radius 2 is 2.06 bits per heavy atom. The number of rotatable bonds is 6. The minimum Gasteiger partial charge on any atom is -0.354 e. The van der Waals surface area contributed by atoms with Gasteiger partial charge in [-0.3, -0.25) is 4.79 Å². The predicted molar refractivity (Wildman–Crippen MR) is 59.0 cm³/mol. The van der Waals surface area contributed by atoms with Crippen molar-refractivity contribution in [2.45, 2.75) is 31.8 Å². The van der Waals surface area contributed by atoms with Gasteiger partial charge in [-0.15, -0.1) is 0 Å². The topological polar surface area (TPSA) is 55.1 Å². The fraction of sp³-hybridized carbons (Fsp3) is 0.889. The van der Waals surface area contributed by atoms with Crippen molar-refractivity contribution in [3.05, 3.63) is 0 Å². The van der Waals surface area contributed by atoms with Crippen molar-refractivity contribution in [2.75, 3.05) is 12.3 Å². The average molecular weight is 258 g/mol. The molecule has 0 spiro atoms. The number of carbonyl (C=O) groups excluding carboxylic acids is 1. The van der Waals surface area contributed by atoms with E-state index in [-0.39, 0.29) is 30.0 Å². The quantitative estimate of drug-likeness (QED) is 0.713. The van der Waals surface area contributed by atoms with Gasteiger partial charge in [0.1, 0.15) is 0 Å². The Balaban J connectivity index is 3.74. The van der Waals surface area contributed by atoms with Crippen LogP contribution in [0.2, 0.25) is 0 Å². The second-order valence-electron chi connectivity index (χ2n) is 3.50. The predicted octanol–water partition coefficient (Wildman–Crippen LogP) is 1.73. The lowest BCUT2D eigenvalue weighted by Crippen LogP contribution is -2.45. The van der Waals surface area contributed by atoms with Crippen LogP contribution in [0.1, 0.15) is 20.3 Å². The zero-order valence-electron chi connectivity index (χ0n) is 9.30. The summed E-state index contributed by atoms with van der Waals surface area (Å²) in [7, 11) is 0. The molecule has 0 aliphatic carbocycles. The summed E-state index contributed by atoms with van der Waals surface area (Å²) >= 11 is -0.154. The standard InChI is InChI=1S/C9H17F3N2OS/c1-3-6(2)7(13)8(15)14-4-5-16-9(10,11)12/h6-7H,3-5,13H2,1-2H3,(H,14,15)/t6?,7-/m0/s1. The summed E-state index contributed by atoms with van der Waals surface area (Å²) in [5.41, 5.74) is 1.35. The number of nitrogens with one attached hydrogen (secondary N) is 1. The van der Waals surface area contributed by atoms with Gasteiger partial charge in [0.05, 0.1) is 6.04 Å². The molecule has 0 fully saturated rings. The van der Waals surface area contributed by atoms with Gasteiger partial charge in [0.2, 0.25) is 5.91 Å². The first-order valence-corrected chi connectivity index (χ1v) is 6.00. The molecule has 0 saturated carbocycles. The zero-order chi connectivity index (χ0) is 12.8. The van der Waals surface area contributed by atoms with Crippen LogP contribution in [0.4, 0.5) is 13.2 Å². The van der Waals surface area contributed by atoms with E-state index in [0.29, 0.717) is 0 Å². The molecule has 1 amide bonds. The molecule has 0 aliphatic rings. The maximum Gasteiger partial charge on any atom is 0.441 e. The third-order valence-electron chi connectivity index (χ3n) is 2.23. The first-order chi connectivity index (χ1) is 7.28. The Bertz CT molecular complexity index is 223. The van der Waals surface area contributed by atoms with E-state index in [1.54, 1.807) is 0 Å². The minimum absolute atomic E-state index is 0.0207. The second-order valence-corrected chi connectivity index (χ2v) is 4.66. The van der Waals surface area contributed by atoms with E-state index >= 15 is 0 Å². The third-order valence-corrected chi connectivity index (χ3v) is 2.96. The highest BCUT2D eigenvalue weighted by Crippen LogP contribution is 2.29. The third kappa shape index (κ3) is 6.95. The maximum absolute atomic E-state index is 11.7. The monoisotopic (exact) mass is 258 g/mol. The Morgan fingerprint density at radius 1 is 1.50 bits per heavy atom. The van der Waals surface area contributed by atoms with Crippen molar-refractivity contribution in [3.63, 3.8) is 0 Å². The Kier molecular flexibility index (Phi) is 6.82. The van der Waals surface area contributed by atoms with Crippen LogP contribution in [0.25, 0.3) is 0 Å². The summed E-state index contributed by atoms with van der Waals surface area (Å²) in [6.45, 7) is 3.71. The maximum atomic E-state index is 11.7. The lowest BCUT2D eigenvalue weighted by atomic mass is 9.99. The first-order valence-electron chi connectivity index (χ1n) is 5.02. The number of alkyl halides is 3. The zero-order valence-corrected chi connectivity index (χ0v) is 10.1. The molecule has 0 bridgehead atoms. The van der Waals surface area contributed by atoms with E-state index in [4.69, 9.17) is 5.73 Å². The number of hydrogen-bond acceptors (Lipinski definition) is 3. The number of thioether (sulfide) groups is 1. The molecule has 16 heavy (non-hydrogen) atoms. The molecule has 0 radical (unpaired) electrons. The van der Waals surface area contributed by atoms with Crippen LogP contribution in [0.3, 0.4) is 0 Å². The smallest absolute Gasteiger partial charge is 0.354 e. The van der Waals surface area contributed by atoms with E-state index in [0.717, 1.165) is 6.42 Å². The molecule has 3 nitrogen and oxygen atoms in total. The normalized spacial score (nSPS) is 15.6. The van der Waals surface area contributed by atoms with Crippen LogP contribution in [-0.2, 0) is 4.79 Å². The van der Waals surface area contributed by atoms with Crippen LogP contribution in [0, 0.1) is 5.92 Å². The van der Waals surface area contributed by atoms with Crippen LogP contribution in [-0.4, -0.2) is 29.8 Å². The molecule has 1 unspecified atom stereocenters. The van der Waals surface area contributed by atoms with Crippen molar-refractivity contribution in [3.8, 4) is 0 Å². The molecule has 0 aromatic heterocycles. The molecule has 0 aromatic rings. The van der Waals surface area contributed by atoms with Gasteiger partial charge in [0, 0.05) is 12.3 Å². The molecular formula is C9H17F3N2OS. The van der Waals surface area contributed by atoms with E-state index in [1.807, 2.05) is 13.8 Å². The first kappa shape index (κ1) is 15.6. The van der Waals surface area contributed by atoms with Gasteiger partial charge in [0.15, 0.2) is 0 Å². The van der Waals surface area contributed by atoms with Crippen molar-refractivity contribution in [1.29, 1.82) is 0 Å². The Labute approximate surface area is 97.3 Å². The molecule has 2 atom stereocenters. The summed E-state index contributed by atoms with van der Waals surface area (Å²) in [5.74, 6) is -0.560. The van der Waals surface area contributed by atoms with Crippen LogP contribution < -0.4 is 11.1 Å². The van der Waals surface area contributed by atoms with E-state index in [9.17, 15) is 18.0 Å². The summed E-state index contributed by atoms with van der Waals surface area (Å²) < 4.78 is 35.2. The fourth-order valence-corrected chi connectivity index (χ4v) is 1.41. The molecule has 0 saturated heterocycles. The van der Waals surface area contributed by atoms with Crippen LogP contribution in [0.5, 0.6) is 0 Å². The molecule has 0 aliphatic heterocycles. The van der Waals surface area contributed by atoms with Gasteiger partial charge in [-0.25, -0.2) is 0 Å². The van der Waals surface area contributed by atoms with Gasteiger partial charge in [-0.05, 0) is 17.7 Å². The lowest BCUT2D eigenvalue weighted by Gasteiger charge is -2.17. The molecule has 0 rings (SSSR count). The largest absolute Gasteiger partial charge is 0.441 e. The summed E-state index contributed by atoms with van der Waals surface area (Å²) in [4.78, 5) is 11.3. The number of nitrogens with two attached hydrogens (primary N) is 1. The number of amides is 1. The highest BCUT2D eigenvalue weighted by molar-refractivity contribution is 8.00. The molecule has 0 heterocycles. The molecule has 7 heteroatoms. The van der Waals surface area contributed by atoms with Gasteiger partial charge < -0.3 is 11.1 Å². The van der Waals surface area contributed by atoms with Crippen molar-refractivity contribution >= 4 is 17.7 Å². The molecular weight excluding hydrogens is 241 g/mol. The lowest BCUT2D eigenvalue weighted by molar-refractivity contribution is -0.123. The van der Waals surface area contributed by atoms with E-state index < -0.39 is 17.5 Å². The number of carbonyl (C=O) groups is 1. The van der Waals surface area contributed by atoms with Gasteiger partial charge in [0.25, 0.3) is 0 Å². The van der Waals surface area contributed by atoms with E-state index in [1.165, 1.54) is 0 Å². The Morgan fingerprint density at radius 3 is 2.50 bits per heavy atom. The molecule has 3 N–H and O–H groups in total. The van der Waals surface area contributed by atoms with Gasteiger partial charge >= 0.3 is 5.51 Å². The highest BCUT2D eigenvalue weighted by atomic mass is 32.2. The summed E-state index contributed by atoms with van der Waals surface area (Å²) in [6, 6.07) is -0.652. The van der Waals surface area contributed by atoms with Crippen LogP contribution >= 0.6 is 11.8 Å². The van der Waals surface area contributed by atoms with E-state index in [2.05, 4.69) is 5.32 Å². The number of hydrogen-bond donors (Lipinski definition) is 2. The van der Waals surface area contributed by atoms with Crippen molar-refractivity contribution in [2.24, 2.45) is 11.7 Å². The van der Waals surface area contributed by atoms with Crippen molar-refractivity contribution < 1.29 is 18.0 Å². The Hall–Kier alpha value is -0.430. The van der Waals surface area contributed by atoms with Crippen LogP contribution in [0.15, 0.2) is 0 Å². The average Bonchev–Trinajstić information content (AvgIpc) is 2.20. The fourth-order valence-electron chi connectivity index (χ4n) is 0.971.